The maximum Gasteiger partial charge on any atom is 0.281 e. The molecular formula is C19H16ClFN4O2. The van der Waals surface area contributed by atoms with E-state index < -0.39 is 23.3 Å². The molecule has 0 unspecified atom stereocenters. The summed E-state index contributed by atoms with van der Waals surface area (Å²) in [6, 6.07) is 15.2. The number of nitrogens with one attached hydrogen (secondary N) is 1. The van der Waals surface area contributed by atoms with E-state index >= 15 is 0 Å². The average Bonchev–Trinajstić information content (AvgIpc) is 2.96. The largest absolute Gasteiger partial charge is 0.310 e. The van der Waals surface area contributed by atoms with Crippen molar-refractivity contribution in [3.63, 3.8) is 0 Å². The molecule has 0 bridgehead atoms. The first-order valence-electron chi connectivity index (χ1n) is 8.01. The Labute approximate surface area is 160 Å². The van der Waals surface area contributed by atoms with Crippen molar-refractivity contribution in [1.29, 1.82) is 0 Å². The molecule has 0 saturated heterocycles. The smallest absolute Gasteiger partial charge is 0.281 e. The summed E-state index contributed by atoms with van der Waals surface area (Å²) in [4.78, 5) is 26.3. The molecule has 6 nitrogen and oxygen atoms in total. The Morgan fingerprint density at radius 3 is 2.41 bits per heavy atom. The minimum absolute atomic E-state index is 0.189. The monoisotopic (exact) mass is 386 g/mol. The summed E-state index contributed by atoms with van der Waals surface area (Å²) in [5.41, 5.74) is 0.390. The van der Waals surface area contributed by atoms with Gasteiger partial charge in [0.2, 0.25) is 0 Å². The number of carbonyl (C=O) groups excluding carboxylic acids is 2. The van der Waals surface area contributed by atoms with Crippen LogP contribution in [0.3, 0.4) is 0 Å². The predicted octanol–water partition coefficient (Wildman–Crippen LogP) is 3.74. The maximum atomic E-state index is 14.8. The van der Waals surface area contributed by atoms with E-state index in [1.165, 1.54) is 25.1 Å². The number of aromatic nitrogens is 2. The van der Waals surface area contributed by atoms with Gasteiger partial charge in [-0.05, 0) is 24.3 Å². The van der Waals surface area contributed by atoms with Crippen LogP contribution >= 0.6 is 11.6 Å². The van der Waals surface area contributed by atoms with Gasteiger partial charge in [0.05, 0.1) is 10.6 Å². The fourth-order valence-electron chi connectivity index (χ4n) is 2.52. The van der Waals surface area contributed by atoms with Gasteiger partial charge in [0, 0.05) is 19.8 Å². The second-order valence-corrected chi connectivity index (χ2v) is 6.18. The summed E-state index contributed by atoms with van der Waals surface area (Å²) in [5, 5.41) is 6.58. The van der Waals surface area contributed by atoms with Crippen LogP contribution in [-0.4, -0.2) is 28.6 Å². The molecule has 2 amide bonds. The zero-order valence-corrected chi connectivity index (χ0v) is 15.4. The molecule has 0 spiro atoms. The molecule has 1 heterocycles. The first-order valence-corrected chi connectivity index (χ1v) is 8.39. The Balaban J connectivity index is 1.88. The summed E-state index contributed by atoms with van der Waals surface area (Å²) in [6.45, 7) is 0. The number of para-hydroxylation sites is 1. The zero-order chi connectivity index (χ0) is 19.6. The van der Waals surface area contributed by atoms with E-state index in [0.717, 1.165) is 4.68 Å². The number of hydrogen-bond donors (Lipinski definition) is 1. The summed E-state index contributed by atoms with van der Waals surface area (Å²) in [6.07, 6.45) is 0. The standard InChI is InChI=1S/C19H16ClFN4O2/c1-24(12-8-4-3-5-9-12)19(27)16-15(21)17(25(2)23-16)22-18(26)13-10-6-7-11-14(13)20/h3-11H,1-2H3,(H,22,26). The van der Waals surface area contributed by atoms with Gasteiger partial charge in [0.1, 0.15) is 0 Å². The van der Waals surface area contributed by atoms with Crippen LogP contribution in [0.1, 0.15) is 20.8 Å². The molecule has 3 rings (SSSR count). The molecule has 0 aliphatic carbocycles. The molecule has 0 atom stereocenters. The van der Waals surface area contributed by atoms with Crippen molar-refractivity contribution in [3.05, 3.63) is 76.7 Å². The second-order valence-electron chi connectivity index (χ2n) is 5.77. The molecule has 0 saturated carbocycles. The van der Waals surface area contributed by atoms with Crippen LogP contribution in [-0.2, 0) is 7.05 Å². The minimum atomic E-state index is -0.911. The van der Waals surface area contributed by atoms with E-state index in [1.807, 2.05) is 6.07 Å². The van der Waals surface area contributed by atoms with E-state index in [1.54, 1.807) is 42.5 Å². The lowest BCUT2D eigenvalue weighted by atomic mass is 10.2. The first-order chi connectivity index (χ1) is 12.9. The quantitative estimate of drug-likeness (QED) is 0.742. The van der Waals surface area contributed by atoms with Crippen LogP contribution in [0, 0.1) is 5.82 Å². The van der Waals surface area contributed by atoms with Gasteiger partial charge in [0.15, 0.2) is 17.3 Å². The SMILES string of the molecule is CN(C(=O)c1nn(C)c(NC(=O)c2ccccc2Cl)c1F)c1ccccc1. The van der Waals surface area contributed by atoms with Crippen LogP contribution in [0.2, 0.25) is 5.02 Å². The summed E-state index contributed by atoms with van der Waals surface area (Å²) < 4.78 is 15.9. The van der Waals surface area contributed by atoms with Gasteiger partial charge in [-0.25, -0.2) is 9.07 Å². The van der Waals surface area contributed by atoms with Crippen LogP contribution in [0.25, 0.3) is 0 Å². The second kappa shape index (κ2) is 7.59. The van der Waals surface area contributed by atoms with Crippen molar-refractivity contribution in [2.75, 3.05) is 17.3 Å². The number of anilines is 2. The van der Waals surface area contributed by atoms with Crippen molar-refractivity contribution in [2.24, 2.45) is 7.05 Å². The van der Waals surface area contributed by atoms with Crippen LogP contribution in [0.4, 0.5) is 15.9 Å². The highest BCUT2D eigenvalue weighted by molar-refractivity contribution is 6.34. The van der Waals surface area contributed by atoms with Crippen LogP contribution < -0.4 is 10.2 Å². The topological polar surface area (TPSA) is 67.2 Å². The Bertz CT molecular complexity index is 1000. The Hall–Kier alpha value is -3.19. The van der Waals surface area contributed by atoms with Crippen molar-refractivity contribution in [3.8, 4) is 0 Å². The van der Waals surface area contributed by atoms with Gasteiger partial charge in [-0.1, -0.05) is 41.9 Å². The van der Waals surface area contributed by atoms with Gasteiger partial charge >= 0.3 is 0 Å². The zero-order valence-electron chi connectivity index (χ0n) is 14.6. The molecule has 27 heavy (non-hydrogen) atoms. The van der Waals surface area contributed by atoms with Gasteiger partial charge in [-0.2, -0.15) is 5.10 Å². The molecule has 0 aliphatic heterocycles. The summed E-state index contributed by atoms with van der Waals surface area (Å²) in [7, 11) is 2.96. The number of carbonyl (C=O) groups is 2. The molecule has 8 heteroatoms. The molecule has 0 aliphatic rings. The Kier molecular flexibility index (Phi) is 5.23. The fourth-order valence-corrected chi connectivity index (χ4v) is 2.74. The van der Waals surface area contributed by atoms with Crippen molar-refractivity contribution in [1.82, 2.24) is 9.78 Å². The number of aryl methyl sites for hydroxylation is 1. The third kappa shape index (κ3) is 3.68. The van der Waals surface area contributed by atoms with Crippen molar-refractivity contribution in [2.45, 2.75) is 0 Å². The van der Waals surface area contributed by atoms with E-state index in [9.17, 15) is 14.0 Å². The number of amides is 2. The van der Waals surface area contributed by atoms with E-state index in [4.69, 9.17) is 11.6 Å². The lowest BCUT2D eigenvalue weighted by Gasteiger charge is -2.15. The fraction of sp³-hybridized carbons (Fsp3) is 0.105. The highest BCUT2D eigenvalue weighted by atomic mass is 35.5. The highest BCUT2D eigenvalue weighted by Crippen LogP contribution is 2.23. The minimum Gasteiger partial charge on any atom is -0.310 e. The van der Waals surface area contributed by atoms with Crippen LogP contribution in [0.15, 0.2) is 54.6 Å². The average molecular weight is 387 g/mol. The number of hydrogen-bond acceptors (Lipinski definition) is 3. The molecule has 1 aromatic heterocycles. The molecule has 0 fully saturated rings. The number of rotatable bonds is 4. The lowest BCUT2D eigenvalue weighted by molar-refractivity contribution is 0.0981. The summed E-state index contributed by atoms with van der Waals surface area (Å²) in [5.74, 6) is -2.36. The van der Waals surface area contributed by atoms with E-state index in [0.29, 0.717) is 5.69 Å². The summed E-state index contributed by atoms with van der Waals surface area (Å²) >= 11 is 5.99. The Morgan fingerprint density at radius 2 is 1.74 bits per heavy atom. The first kappa shape index (κ1) is 18.6. The van der Waals surface area contributed by atoms with Crippen molar-refractivity contribution < 1.29 is 14.0 Å². The van der Waals surface area contributed by atoms with E-state index in [-0.39, 0.29) is 16.4 Å². The number of halogens is 2. The third-order valence-corrected chi connectivity index (χ3v) is 4.32. The normalized spacial score (nSPS) is 10.5. The third-order valence-electron chi connectivity index (χ3n) is 3.99. The van der Waals surface area contributed by atoms with Gasteiger partial charge < -0.3 is 10.2 Å². The molecule has 0 radical (unpaired) electrons. The molecule has 2 aromatic carbocycles. The predicted molar refractivity (Wildman–Crippen MR) is 102 cm³/mol. The number of benzene rings is 2. The Morgan fingerprint density at radius 1 is 1.11 bits per heavy atom. The van der Waals surface area contributed by atoms with E-state index in [2.05, 4.69) is 10.4 Å². The highest BCUT2D eigenvalue weighted by Gasteiger charge is 2.26. The van der Waals surface area contributed by atoms with Gasteiger partial charge in [0.25, 0.3) is 11.8 Å². The molecule has 3 aromatic rings. The van der Waals surface area contributed by atoms with Crippen molar-refractivity contribution >= 4 is 34.9 Å². The van der Waals surface area contributed by atoms with Gasteiger partial charge in [-0.3, -0.25) is 9.59 Å². The lowest BCUT2D eigenvalue weighted by Crippen LogP contribution is -2.27. The molecule has 138 valence electrons. The maximum absolute atomic E-state index is 14.8. The number of nitrogens with zero attached hydrogens (tertiary/aromatic N) is 3. The van der Waals surface area contributed by atoms with Gasteiger partial charge in [-0.15, -0.1) is 0 Å². The van der Waals surface area contributed by atoms with Crippen LogP contribution in [0.5, 0.6) is 0 Å². The molecule has 1 N–H and O–H groups in total. The molecular weight excluding hydrogens is 371 g/mol.